The van der Waals surface area contributed by atoms with Gasteiger partial charge in [0.2, 0.25) is 0 Å². The maximum absolute atomic E-state index is 11.6. The molecule has 1 aromatic carbocycles. The van der Waals surface area contributed by atoms with Gasteiger partial charge in [-0.15, -0.1) is 0 Å². The maximum atomic E-state index is 11.6. The minimum absolute atomic E-state index is 0.263. The van der Waals surface area contributed by atoms with Crippen molar-refractivity contribution in [1.29, 1.82) is 0 Å². The number of rotatable bonds is 6. The van der Waals surface area contributed by atoms with Gasteiger partial charge in [0, 0.05) is 0 Å². The predicted molar refractivity (Wildman–Crippen MR) is 72.1 cm³/mol. The first kappa shape index (κ1) is 14.4. The van der Waals surface area contributed by atoms with Crippen molar-refractivity contribution in [2.75, 3.05) is 19.0 Å². The molecule has 0 amide bonds. The molecule has 0 aliphatic rings. The van der Waals surface area contributed by atoms with Crippen molar-refractivity contribution in [2.45, 2.75) is 33.2 Å². The van der Waals surface area contributed by atoms with E-state index >= 15 is 0 Å². The number of carbonyl (C=O) groups is 1. The van der Waals surface area contributed by atoms with Crippen LogP contribution >= 0.6 is 0 Å². The number of nitrogens with one attached hydrogen (secondary N) is 1. The van der Waals surface area contributed by atoms with Gasteiger partial charge in [-0.3, -0.25) is 0 Å². The summed E-state index contributed by atoms with van der Waals surface area (Å²) in [5, 5.41) is 3.16. The second kappa shape index (κ2) is 6.89. The SMILES string of the molecule is CCOc1cc(C)ccc1NC(CC)C(=O)OC. The van der Waals surface area contributed by atoms with Crippen LogP contribution in [0.4, 0.5) is 5.69 Å². The van der Waals surface area contributed by atoms with Crippen molar-refractivity contribution in [3.63, 3.8) is 0 Å². The lowest BCUT2D eigenvalue weighted by Crippen LogP contribution is -2.30. The third-order valence-corrected chi connectivity index (χ3v) is 2.66. The molecule has 0 aromatic heterocycles. The van der Waals surface area contributed by atoms with Gasteiger partial charge in [-0.2, -0.15) is 0 Å². The summed E-state index contributed by atoms with van der Waals surface area (Å²) in [5.74, 6) is 0.500. The number of ether oxygens (including phenoxy) is 2. The zero-order chi connectivity index (χ0) is 13.5. The number of aryl methyl sites for hydroxylation is 1. The van der Waals surface area contributed by atoms with E-state index in [0.29, 0.717) is 13.0 Å². The Balaban J connectivity index is 2.91. The van der Waals surface area contributed by atoms with Gasteiger partial charge in [0.1, 0.15) is 11.8 Å². The summed E-state index contributed by atoms with van der Waals surface area (Å²) in [7, 11) is 1.39. The largest absolute Gasteiger partial charge is 0.492 e. The summed E-state index contributed by atoms with van der Waals surface area (Å²) in [4.78, 5) is 11.6. The zero-order valence-electron chi connectivity index (χ0n) is 11.4. The van der Waals surface area contributed by atoms with Crippen LogP contribution < -0.4 is 10.1 Å². The van der Waals surface area contributed by atoms with Crippen molar-refractivity contribution in [1.82, 2.24) is 0 Å². The molecule has 1 N–H and O–H groups in total. The van der Waals surface area contributed by atoms with Gasteiger partial charge in [-0.1, -0.05) is 13.0 Å². The second-order valence-electron chi connectivity index (χ2n) is 4.06. The molecular weight excluding hydrogens is 230 g/mol. The highest BCUT2D eigenvalue weighted by atomic mass is 16.5. The van der Waals surface area contributed by atoms with E-state index in [9.17, 15) is 4.79 Å². The Morgan fingerprint density at radius 2 is 2.11 bits per heavy atom. The maximum Gasteiger partial charge on any atom is 0.328 e. The molecule has 1 atom stereocenters. The van der Waals surface area contributed by atoms with Crippen molar-refractivity contribution in [2.24, 2.45) is 0 Å². The first-order chi connectivity index (χ1) is 8.62. The summed E-state index contributed by atoms with van der Waals surface area (Å²) in [5.41, 5.74) is 1.94. The Morgan fingerprint density at radius 1 is 1.39 bits per heavy atom. The molecular formula is C14H21NO3. The van der Waals surface area contributed by atoms with Gasteiger partial charge < -0.3 is 14.8 Å². The van der Waals surface area contributed by atoms with Crippen LogP contribution in [0, 0.1) is 6.92 Å². The standard InChI is InChI=1S/C14H21NO3/c1-5-11(14(16)17-4)15-12-8-7-10(3)9-13(12)18-6-2/h7-9,11,15H,5-6H2,1-4H3. The van der Waals surface area contributed by atoms with Crippen molar-refractivity contribution in [3.05, 3.63) is 23.8 Å². The minimum Gasteiger partial charge on any atom is -0.492 e. The molecule has 0 aliphatic carbocycles. The quantitative estimate of drug-likeness (QED) is 0.790. The molecule has 1 rings (SSSR count). The van der Waals surface area contributed by atoms with Crippen molar-refractivity contribution in [3.8, 4) is 5.75 Å². The van der Waals surface area contributed by atoms with Crippen LogP contribution in [0.15, 0.2) is 18.2 Å². The summed E-state index contributed by atoms with van der Waals surface area (Å²) in [6.07, 6.45) is 0.659. The molecule has 0 fully saturated rings. The van der Waals surface area contributed by atoms with Crippen molar-refractivity contribution >= 4 is 11.7 Å². The summed E-state index contributed by atoms with van der Waals surface area (Å²) in [6, 6.07) is 5.51. The lowest BCUT2D eigenvalue weighted by atomic mass is 10.1. The van der Waals surface area contributed by atoms with Crippen LogP contribution in [0.2, 0.25) is 0 Å². The minimum atomic E-state index is -0.350. The molecule has 0 bridgehead atoms. The molecule has 4 nitrogen and oxygen atoms in total. The fourth-order valence-electron chi connectivity index (χ4n) is 1.68. The number of methoxy groups -OCH3 is 1. The zero-order valence-corrected chi connectivity index (χ0v) is 11.4. The Morgan fingerprint density at radius 3 is 2.67 bits per heavy atom. The third-order valence-electron chi connectivity index (χ3n) is 2.66. The molecule has 4 heteroatoms. The molecule has 1 unspecified atom stereocenters. The number of hydrogen-bond acceptors (Lipinski definition) is 4. The summed E-state index contributed by atoms with van der Waals surface area (Å²) < 4.78 is 10.3. The van der Waals surface area contributed by atoms with Crippen molar-refractivity contribution < 1.29 is 14.3 Å². The van der Waals surface area contributed by atoms with Crippen LogP contribution in [0.3, 0.4) is 0 Å². The molecule has 18 heavy (non-hydrogen) atoms. The van der Waals surface area contributed by atoms with Crippen LogP contribution in [0.25, 0.3) is 0 Å². The molecule has 0 radical (unpaired) electrons. The molecule has 0 spiro atoms. The normalized spacial score (nSPS) is 11.8. The lowest BCUT2D eigenvalue weighted by molar-refractivity contribution is -0.141. The van der Waals surface area contributed by atoms with E-state index in [1.807, 2.05) is 39.0 Å². The van der Waals surface area contributed by atoms with Gasteiger partial charge in [-0.05, 0) is 38.0 Å². The molecule has 0 saturated heterocycles. The molecule has 100 valence electrons. The number of hydrogen-bond donors (Lipinski definition) is 1. The first-order valence-electron chi connectivity index (χ1n) is 6.20. The van der Waals surface area contributed by atoms with Crippen LogP contribution in [-0.4, -0.2) is 25.7 Å². The average molecular weight is 251 g/mol. The fraction of sp³-hybridized carbons (Fsp3) is 0.500. The number of esters is 1. The van der Waals surface area contributed by atoms with E-state index in [1.165, 1.54) is 7.11 Å². The van der Waals surface area contributed by atoms with Crippen LogP contribution in [0.5, 0.6) is 5.75 Å². The molecule has 1 aromatic rings. The monoisotopic (exact) mass is 251 g/mol. The summed E-state index contributed by atoms with van der Waals surface area (Å²) >= 11 is 0. The number of anilines is 1. The van der Waals surface area contributed by atoms with Gasteiger partial charge >= 0.3 is 5.97 Å². The van der Waals surface area contributed by atoms with Gasteiger partial charge in [-0.25, -0.2) is 4.79 Å². The number of carbonyl (C=O) groups excluding carboxylic acids is 1. The second-order valence-corrected chi connectivity index (χ2v) is 4.06. The van der Waals surface area contributed by atoms with E-state index in [0.717, 1.165) is 17.0 Å². The summed E-state index contributed by atoms with van der Waals surface area (Å²) in [6.45, 7) is 6.46. The van der Waals surface area contributed by atoms with E-state index in [1.54, 1.807) is 0 Å². The predicted octanol–water partition coefficient (Wildman–Crippen LogP) is 2.76. The smallest absolute Gasteiger partial charge is 0.328 e. The van der Waals surface area contributed by atoms with E-state index < -0.39 is 0 Å². The van der Waals surface area contributed by atoms with Crippen LogP contribution in [0.1, 0.15) is 25.8 Å². The average Bonchev–Trinajstić information content (AvgIpc) is 2.37. The molecule has 0 saturated carbocycles. The fourth-order valence-corrected chi connectivity index (χ4v) is 1.68. The van der Waals surface area contributed by atoms with Gasteiger partial charge in [0.05, 0.1) is 19.4 Å². The first-order valence-corrected chi connectivity index (χ1v) is 6.20. The van der Waals surface area contributed by atoms with Gasteiger partial charge in [0.25, 0.3) is 0 Å². The van der Waals surface area contributed by atoms with E-state index in [4.69, 9.17) is 9.47 Å². The van der Waals surface area contributed by atoms with Crippen LogP contribution in [-0.2, 0) is 9.53 Å². The topological polar surface area (TPSA) is 47.6 Å². The molecule has 0 aliphatic heterocycles. The Kier molecular flexibility index (Phi) is 5.49. The van der Waals surface area contributed by atoms with E-state index in [2.05, 4.69) is 5.32 Å². The third kappa shape index (κ3) is 3.65. The Hall–Kier alpha value is -1.71. The highest BCUT2D eigenvalue weighted by Crippen LogP contribution is 2.26. The number of benzene rings is 1. The molecule has 0 heterocycles. The lowest BCUT2D eigenvalue weighted by Gasteiger charge is -2.18. The highest BCUT2D eigenvalue weighted by Gasteiger charge is 2.18. The van der Waals surface area contributed by atoms with E-state index in [-0.39, 0.29) is 12.0 Å². The van der Waals surface area contributed by atoms with Gasteiger partial charge in [0.15, 0.2) is 0 Å². The Labute approximate surface area is 108 Å². The highest BCUT2D eigenvalue weighted by molar-refractivity contribution is 5.80. The Bertz CT molecular complexity index is 404.